The van der Waals surface area contributed by atoms with Gasteiger partial charge in [-0.15, -0.1) is 12.4 Å². The third-order valence-corrected chi connectivity index (χ3v) is 4.55. The predicted molar refractivity (Wildman–Crippen MR) is 96.5 cm³/mol. The largest absolute Gasteiger partial charge is 0.497 e. The van der Waals surface area contributed by atoms with Crippen molar-refractivity contribution in [3.05, 3.63) is 29.8 Å². The van der Waals surface area contributed by atoms with Crippen LogP contribution < -0.4 is 15.4 Å². The number of amides is 1. The average Bonchev–Trinajstić information content (AvgIpc) is 2.52. The summed E-state index contributed by atoms with van der Waals surface area (Å²) in [5.41, 5.74) is 1.05. The molecule has 1 amide bonds. The summed E-state index contributed by atoms with van der Waals surface area (Å²) >= 11 is 0. The standard InChI is InChI=1S/C18H28N2O2.ClH/c1-13-10-14(8-9-19-13)17(21)20-12-18(2,3)15-6-5-7-16(11-15)22-4;/h5-7,11,13-14,19H,8-10,12H2,1-4H3,(H,20,21);1H/t13-,14-;/m0./s1. The Bertz CT molecular complexity index is 519. The summed E-state index contributed by atoms with van der Waals surface area (Å²) in [7, 11) is 1.67. The van der Waals surface area contributed by atoms with Crippen LogP contribution in [0.4, 0.5) is 0 Å². The molecular formula is C18H29ClN2O2. The van der Waals surface area contributed by atoms with Crippen molar-refractivity contribution in [2.45, 2.75) is 45.1 Å². The van der Waals surface area contributed by atoms with Gasteiger partial charge in [-0.1, -0.05) is 26.0 Å². The molecule has 1 aromatic rings. The average molecular weight is 341 g/mol. The minimum absolute atomic E-state index is 0. The number of nitrogens with one attached hydrogen (secondary N) is 2. The van der Waals surface area contributed by atoms with Gasteiger partial charge in [0.2, 0.25) is 5.91 Å². The number of carbonyl (C=O) groups is 1. The minimum Gasteiger partial charge on any atom is -0.497 e. The van der Waals surface area contributed by atoms with Crippen LogP contribution >= 0.6 is 12.4 Å². The summed E-state index contributed by atoms with van der Waals surface area (Å²) in [6.45, 7) is 8.00. The van der Waals surface area contributed by atoms with Crippen LogP contribution in [0.15, 0.2) is 24.3 Å². The molecule has 1 saturated heterocycles. The van der Waals surface area contributed by atoms with E-state index in [2.05, 4.69) is 37.5 Å². The van der Waals surface area contributed by atoms with Crippen molar-refractivity contribution in [3.8, 4) is 5.75 Å². The van der Waals surface area contributed by atoms with Crippen LogP contribution in [0.2, 0.25) is 0 Å². The maximum atomic E-state index is 12.4. The number of hydrogen-bond donors (Lipinski definition) is 2. The highest BCUT2D eigenvalue weighted by atomic mass is 35.5. The van der Waals surface area contributed by atoms with Crippen LogP contribution in [0.3, 0.4) is 0 Å². The maximum Gasteiger partial charge on any atom is 0.223 e. The van der Waals surface area contributed by atoms with E-state index >= 15 is 0 Å². The fraction of sp³-hybridized carbons (Fsp3) is 0.611. The molecule has 2 N–H and O–H groups in total. The van der Waals surface area contributed by atoms with Crippen LogP contribution in [-0.4, -0.2) is 32.1 Å². The third-order valence-electron chi connectivity index (χ3n) is 4.55. The lowest BCUT2D eigenvalue weighted by atomic mass is 9.84. The van der Waals surface area contributed by atoms with Gasteiger partial charge in [0.25, 0.3) is 0 Å². The van der Waals surface area contributed by atoms with E-state index in [1.54, 1.807) is 7.11 Å². The highest BCUT2D eigenvalue weighted by Crippen LogP contribution is 2.26. The molecule has 2 atom stereocenters. The first-order valence-electron chi connectivity index (χ1n) is 8.08. The number of ether oxygens (including phenoxy) is 1. The highest BCUT2D eigenvalue weighted by Gasteiger charge is 2.27. The van der Waals surface area contributed by atoms with Gasteiger partial charge in [-0.3, -0.25) is 4.79 Å². The van der Waals surface area contributed by atoms with Gasteiger partial charge in [0.05, 0.1) is 7.11 Å². The minimum atomic E-state index is -0.122. The first-order chi connectivity index (χ1) is 10.4. The monoisotopic (exact) mass is 340 g/mol. The van der Waals surface area contributed by atoms with Gasteiger partial charge in [-0.2, -0.15) is 0 Å². The van der Waals surface area contributed by atoms with Crippen molar-refractivity contribution in [1.29, 1.82) is 0 Å². The Balaban J connectivity index is 0.00000264. The van der Waals surface area contributed by atoms with E-state index in [4.69, 9.17) is 4.74 Å². The number of piperidine rings is 1. The lowest BCUT2D eigenvalue weighted by Crippen LogP contribution is -2.45. The Morgan fingerprint density at radius 2 is 2.17 bits per heavy atom. The lowest BCUT2D eigenvalue weighted by Gasteiger charge is -2.30. The molecule has 1 heterocycles. The Morgan fingerprint density at radius 3 is 2.83 bits per heavy atom. The summed E-state index contributed by atoms with van der Waals surface area (Å²) in [5, 5.41) is 6.53. The number of benzene rings is 1. The molecule has 1 aliphatic heterocycles. The molecule has 0 aliphatic carbocycles. The Morgan fingerprint density at radius 1 is 1.43 bits per heavy atom. The third kappa shape index (κ3) is 5.40. The number of halogens is 1. The molecule has 5 heteroatoms. The molecule has 4 nitrogen and oxygen atoms in total. The zero-order chi connectivity index (χ0) is 16.2. The molecule has 1 aliphatic rings. The van der Waals surface area contributed by atoms with E-state index in [0.29, 0.717) is 12.6 Å². The second-order valence-electron chi connectivity index (χ2n) is 6.91. The van der Waals surface area contributed by atoms with Gasteiger partial charge in [0, 0.05) is 23.9 Å². The van der Waals surface area contributed by atoms with Gasteiger partial charge in [0.15, 0.2) is 0 Å². The molecule has 0 radical (unpaired) electrons. The van der Waals surface area contributed by atoms with Crippen LogP contribution in [0, 0.1) is 5.92 Å². The SMILES string of the molecule is COc1cccc(C(C)(C)CNC(=O)[C@H]2CCN[C@@H](C)C2)c1.Cl. The van der Waals surface area contributed by atoms with Crippen molar-refractivity contribution in [3.63, 3.8) is 0 Å². The van der Waals surface area contributed by atoms with E-state index in [9.17, 15) is 4.79 Å². The molecule has 1 fully saturated rings. The molecule has 0 bridgehead atoms. The fourth-order valence-corrected chi connectivity index (χ4v) is 2.97. The van der Waals surface area contributed by atoms with Crippen LogP contribution in [-0.2, 0) is 10.2 Å². The zero-order valence-corrected chi connectivity index (χ0v) is 15.3. The predicted octanol–water partition coefficient (Wildman–Crippen LogP) is 2.90. The summed E-state index contributed by atoms with van der Waals surface area (Å²) < 4.78 is 5.29. The fourth-order valence-electron chi connectivity index (χ4n) is 2.97. The Labute approximate surface area is 145 Å². The van der Waals surface area contributed by atoms with Gasteiger partial charge in [0.1, 0.15) is 5.75 Å². The second-order valence-corrected chi connectivity index (χ2v) is 6.91. The molecule has 1 aromatic carbocycles. The summed E-state index contributed by atoms with van der Waals surface area (Å²) in [6, 6.07) is 8.48. The number of methoxy groups -OCH3 is 1. The van der Waals surface area contributed by atoms with E-state index in [1.807, 2.05) is 18.2 Å². The van der Waals surface area contributed by atoms with E-state index < -0.39 is 0 Å². The lowest BCUT2D eigenvalue weighted by molar-refractivity contribution is -0.126. The Kier molecular flexibility index (Phi) is 7.36. The molecule has 23 heavy (non-hydrogen) atoms. The van der Waals surface area contributed by atoms with Gasteiger partial charge < -0.3 is 15.4 Å². The number of carbonyl (C=O) groups excluding carboxylic acids is 1. The van der Waals surface area contributed by atoms with E-state index in [-0.39, 0.29) is 29.6 Å². The molecule has 0 aromatic heterocycles. The quantitative estimate of drug-likeness (QED) is 0.866. The topological polar surface area (TPSA) is 50.4 Å². The first kappa shape index (κ1) is 19.8. The van der Waals surface area contributed by atoms with Gasteiger partial charge >= 0.3 is 0 Å². The van der Waals surface area contributed by atoms with Crippen LogP contribution in [0.1, 0.15) is 39.2 Å². The van der Waals surface area contributed by atoms with Crippen LogP contribution in [0.25, 0.3) is 0 Å². The molecule has 0 saturated carbocycles. The Hall–Kier alpha value is -1.26. The normalized spacial score (nSPS) is 21.2. The van der Waals surface area contributed by atoms with Crippen LogP contribution in [0.5, 0.6) is 5.75 Å². The van der Waals surface area contributed by atoms with Gasteiger partial charge in [-0.05, 0) is 44.0 Å². The number of hydrogen-bond acceptors (Lipinski definition) is 3. The molecular weight excluding hydrogens is 312 g/mol. The van der Waals surface area contributed by atoms with Crippen molar-refractivity contribution in [1.82, 2.24) is 10.6 Å². The summed E-state index contributed by atoms with van der Waals surface area (Å²) in [6.07, 6.45) is 1.85. The summed E-state index contributed by atoms with van der Waals surface area (Å²) in [5.74, 6) is 1.17. The van der Waals surface area contributed by atoms with Gasteiger partial charge in [-0.25, -0.2) is 0 Å². The first-order valence-corrected chi connectivity index (χ1v) is 8.08. The van der Waals surface area contributed by atoms with Crippen molar-refractivity contribution in [2.24, 2.45) is 5.92 Å². The maximum absolute atomic E-state index is 12.4. The van der Waals surface area contributed by atoms with Crippen molar-refractivity contribution < 1.29 is 9.53 Å². The highest BCUT2D eigenvalue weighted by molar-refractivity contribution is 5.85. The zero-order valence-electron chi connectivity index (χ0n) is 14.5. The van der Waals surface area contributed by atoms with E-state index in [0.717, 1.165) is 25.1 Å². The van der Waals surface area contributed by atoms with Crippen molar-refractivity contribution in [2.75, 3.05) is 20.2 Å². The number of rotatable bonds is 5. The molecule has 130 valence electrons. The molecule has 0 unspecified atom stereocenters. The smallest absolute Gasteiger partial charge is 0.223 e. The van der Waals surface area contributed by atoms with Crippen molar-refractivity contribution >= 4 is 18.3 Å². The molecule has 0 spiro atoms. The second kappa shape index (κ2) is 8.55. The van der Waals surface area contributed by atoms with E-state index in [1.165, 1.54) is 5.56 Å². The molecule has 2 rings (SSSR count). The summed E-state index contributed by atoms with van der Waals surface area (Å²) in [4.78, 5) is 12.4.